The van der Waals surface area contributed by atoms with E-state index in [9.17, 15) is 18.0 Å². The summed E-state index contributed by atoms with van der Waals surface area (Å²) in [7, 11) is 0. The van der Waals surface area contributed by atoms with Gasteiger partial charge in [0, 0.05) is 37.8 Å². The van der Waals surface area contributed by atoms with Crippen molar-refractivity contribution in [3.63, 3.8) is 0 Å². The number of pyridine rings is 1. The number of amides is 1. The average Bonchev–Trinajstić information content (AvgIpc) is 2.54. The first-order valence-corrected chi connectivity index (χ1v) is 8.08. The van der Waals surface area contributed by atoms with Gasteiger partial charge in [-0.25, -0.2) is 4.98 Å². The smallest absolute Gasteiger partial charge is 0.355 e. The van der Waals surface area contributed by atoms with Crippen LogP contribution in [0.15, 0.2) is 12.3 Å². The lowest BCUT2D eigenvalue weighted by Gasteiger charge is -2.33. The first-order valence-electron chi connectivity index (χ1n) is 7.70. The van der Waals surface area contributed by atoms with Crippen LogP contribution in [0.4, 0.5) is 19.0 Å². The largest absolute Gasteiger partial charge is 0.417 e. The van der Waals surface area contributed by atoms with Crippen molar-refractivity contribution in [1.29, 1.82) is 0 Å². The van der Waals surface area contributed by atoms with Gasteiger partial charge in [0.05, 0.1) is 10.6 Å². The zero-order valence-corrected chi connectivity index (χ0v) is 15.2. The quantitative estimate of drug-likeness (QED) is 0.814. The Hall–Kier alpha value is -1.25. The van der Waals surface area contributed by atoms with Crippen LogP contribution in [-0.4, -0.2) is 36.6 Å². The van der Waals surface area contributed by atoms with E-state index in [1.165, 1.54) is 0 Å². The third-order valence-electron chi connectivity index (χ3n) is 4.06. The molecule has 1 amide bonds. The molecule has 1 saturated heterocycles. The molecule has 1 atom stereocenters. The van der Waals surface area contributed by atoms with E-state index in [1.807, 2.05) is 6.92 Å². The van der Waals surface area contributed by atoms with Crippen molar-refractivity contribution >= 4 is 35.7 Å². The molecule has 142 valence electrons. The van der Waals surface area contributed by atoms with E-state index in [1.54, 1.807) is 4.90 Å². The molecule has 1 aromatic rings. The standard InChI is InChI=1S/C15H20ClF3N4O.ClH/c1-9(7-20)22-14(24)10-2-4-23(5-3-10)13-12(16)6-11(8-21-13)15(17,18)19;/h6,8-10H,2-5,7,20H2,1H3,(H,22,24);1H/t9-;/m0./s1. The summed E-state index contributed by atoms with van der Waals surface area (Å²) in [6.45, 7) is 3.22. The Bertz CT molecular complexity index is 593. The fourth-order valence-electron chi connectivity index (χ4n) is 2.59. The second-order valence-corrected chi connectivity index (χ2v) is 6.34. The number of alkyl halides is 3. The molecule has 0 bridgehead atoms. The molecule has 0 aliphatic carbocycles. The van der Waals surface area contributed by atoms with E-state index < -0.39 is 11.7 Å². The van der Waals surface area contributed by atoms with Crippen LogP contribution in [-0.2, 0) is 11.0 Å². The second kappa shape index (κ2) is 8.91. The van der Waals surface area contributed by atoms with Gasteiger partial charge in [0.2, 0.25) is 5.91 Å². The summed E-state index contributed by atoms with van der Waals surface area (Å²) in [5.41, 5.74) is 4.61. The minimum absolute atomic E-state index is 0. The lowest BCUT2D eigenvalue weighted by molar-refractivity contribution is -0.137. The summed E-state index contributed by atoms with van der Waals surface area (Å²) in [5, 5.41) is 2.80. The van der Waals surface area contributed by atoms with Crippen molar-refractivity contribution in [3.05, 3.63) is 22.8 Å². The van der Waals surface area contributed by atoms with Gasteiger partial charge in [0.1, 0.15) is 5.82 Å². The Morgan fingerprint density at radius 1 is 1.48 bits per heavy atom. The third kappa shape index (κ3) is 5.62. The number of rotatable bonds is 4. The molecule has 1 aromatic heterocycles. The molecule has 0 aromatic carbocycles. The number of carbonyl (C=O) groups excluding carboxylic acids is 1. The first-order chi connectivity index (χ1) is 11.2. The maximum absolute atomic E-state index is 12.6. The number of piperidine rings is 1. The van der Waals surface area contributed by atoms with Gasteiger partial charge in [-0.15, -0.1) is 12.4 Å². The van der Waals surface area contributed by atoms with Gasteiger partial charge in [-0.1, -0.05) is 11.6 Å². The number of nitrogens with one attached hydrogen (secondary N) is 1. The van der Waals surface area contributed by atoms with Crippen LogP contribution in [0.3, 0.4) is 0 Å². The van der Waals surface area contributed by atoms with Crippen molar-refractivity contribution in [2.24, 2.45) is 11.7 Å². The van der Waals surface area contributed by atoms with Gasteiger partial charge in [0.25, 0.3) is 0 Å². The SMILES string of the molecule is C[C@@H](CN)NC(=O)C1CCN(c2ncc(C(F)(F)F)cc2Cl)CC1.Cl. The molecular formula is C15H21Cl2F3N4O. The highest BCUT2D eigenvalue weighted by Gasteiger charge is 2.33. The van der Waals surface area contributed by atoms with Crippen LogP contribution in [0, 0.1) is 5.92 Å². The minimum Gasteiger partial charge on any atom is -0.355 e. The highest BCUT2D eigenvalue weighted by atomic mass is 35.5. The van der Waals surface area contributed by atoms with E-state index in [-0.39, 0.29) is 35.3 Å². The Balaban J connectivity index is 0.00000312. The van der Waals surface area contributed by atoms with Crippen LogP contribution in [0.25, 0.3) is 0 Å². The minimum atomic E-state index is -4.47. The van der Waals surface area contributed by atoms with Crippen molar-refractivity contribution in [3.8, 4) is 0 Å². The van der Waals surface area contributed by atoms with Crippen molar-refractivity contribution in [2.45, 2.75) is 32.0 Å². The third-order valence-corrected chi connectivity index (χ3v) is 4.33. The Labute approximate surface area is 155 Å². The van der Waals surface area contributed by atoms with Crippen molar-refractivity contribution < 1.29 is 18.0 Å². The van der Waals surface area contributed by atoms with Gasteiger partial charge in [-0.05, 0) is 25.8 Å². The van der Waals surface area contributed by atoms with Crippen molar-refractivity contribution in [1.82, 2.24) is 10.3 Å². The molecule has 0 saturated carbocycles. The monoisotopic (exact) mass is 400 g/mol. The van der Waals surface area contributed by atoms with Crippen molar-refractivity contribution in [2.75, 3.05) is 24.5 Å². The van der Waals surface area contributed by atoms with Crippen LogP contribution in [0.2, 0.25) is 5.02 Å². The first kappa shape index (κ1) is 21.8. The van der Waals surface area contributed by atoms with E-state index in [2.05, 4.69) is 10.3 Å². The molecule has 3 N–H and O–H groups in total. The van der Waals surface area contributed by atoms with Crippen LogP contribution < -0.4 is 16.0 Å². The van der Waals surface area contributed by atoms with Crippen LogP contribution in [0.1, 0.15) is 25.3 Å². The highest BCUT2D eigenvalue weighted by molar-refractivity contribution is 6.33. The van der Waals surface area contributed by atoms with Gasteiger partial charge in [-0.3, -0.25) is 4.79 Å². The maximum Gasteiger partial charge on any atom is 0.417 e. The molecule has 2 rings (SSSR count). The number of hydrogen-bond donors (Lipinski definition) is 2. The molecule has 0 unspecified atom stereocenters. The van der Waals surface area contributed by atoms with Crippen LogP contribution in [0.5, 0.6) is 0 Å². The number of nitrogens with two attached hydrogens (primary N) is 1. The summed E-state index contributed by atoms with van der Waals surface area (Å²) in [5.74, 6) is 0.140. The number of carbonyl (C=O) groups is 1. The molecule has 1 aliphatic heterocycles. The summed E-state index contributed by atoms with van der Waals surface area (Å²) >= 11 is 5.96. The molecule has 25 heavy (non-hydrogen) atoms. The molecular weight excluding hydrogens is 380 g/mol. The molecule has 0 spiro atoms. The normalized spacial score (nSPS) is 17.0. The summed E-state index contributed by atoms with van der Waals surface area (Å²) in [4.78, 5) is 17.7. The van der Waals surface area contributed by atoms with E-state index in [0.29, 0.717) is 38.3 Å². The van der Waals surface area contributed by atoms with Gasteiger partial charge in [-0.2, -0.15) is 13.2 Å². The van der Waals surface area contributed by atoms with E-state index >= 15 is 0 Å². The Kier molecular flexibility index (Phi) is 7.77. The second-order valence-electron chi connectivity index (χ2n) is 5.93. The lowest BCUT2D eigenvalue weighted by Crippen LogP contribution is -2.45. The summed E-state index contributed by atoms with van der Waals surface area (Å²) in [6.07, 6.45) is -2.52. The summed E-state index contributed by atoms with van der Waals surface area (Å²) < 4.78 is 37.9. The summed E-state index contributed by atoms with van der Waals surface area (Å²) in [6, 6.07) is 0.799. The molecule has 2 heterocycles. The number of hydrogen-bond acceptors (Lipinski definition) is 4. The lowest BCUT2D eigenvalue weighted by atomic mass is 9.95. The number of nitrogens with zero attached hydrogens (tertiary/aromatic N) is 2. The predicted molar refractivity (Wildman–Crippen MR) is 93.1 cm³/mol. The van der Waals surface area contributed by atoms with E-state index in [0.717, 1.165) is 12.3 Å². The van der Waals surface area contributed by atoms with Gasteiger partial charge < -0.3 is 16.0 Å². The zero-order chi connectivity index (χ0) is 17.9. The van der Waals surface area contributed by atoms with Gasteiger partial charge >= 0.3 is 6.18 Å². The van der Waals surface area contributed by atoms with Crippen LogP contribution >= 0.6 is 24.0 Å². The van der Waals surface area contributed by atoms with Gasteiger partial charge in [0.15, 0.2) is 0 Å². The maximum atomic E-state index is 12.6. The Morgan fingerprint density at radius 3 is 2.56 bits per heavy atom. The molecule has 1 aliphatic rings. The molecule has 0 radical (unpaired) electrons. The predicted octanol–water partition coefficient (Wildman–Crippen LogP) is 2.86. The average molecular weight is 401 g/mol. The van der Waals surface area contributed by atoms with E-state index in [4.69, 9.17) is 17.3 Å². The topological polar surface area (TPSA) is 71.2 Å². The fraction of sp³-hybridized carbons (Fsp3) is 0.600. The molecule has 1 fully saturated rings. The molecule has 5 nitrogen and oxygen atoms in total. The fourth-order valence-corrected chi connectivity index (χ4v) is 2.88. The number of anilines is 1. The highest BCUT2D eigenvalue weighted by Crippen LogP contribution is 2.34. The number of aromatic nitrogens is 1. The number of halogens is 5. The molecule has 10 heteroatoms. The zero-order valence-electron chi connectivity index (χ0n) is 13.6. The Morgan fingerprint density at radius 2 is 2.08 bits per heavy atom.